The summed E-state index contributed by atoms with van der Waals surface area (Å²) >= 11 is 0. The number of amides is 2. The van der Waals surface area contributed by atoms with Crippen LogP contribution in [0.2, 0.25) is 0 Å². The second-order valence-corrected chi connectivity index (χ2v) is 9.60. The maximum absolute atomic E-state index is 12.7. The van der Waals surface area contributed by atoms with Gasteiger partial charge in [-0.1, -0.05) is 36.4 Å². The van der Waals surface area contributed by atoms with Crippen molar-refractivity contribution in [3.63, 3.8) is 0 Å². The Hall–Kier alpha value is -2.71. The summed E-state index contributed by atoms with van der Waals surface area (Å²) < 4.78 is 27.4. The van der Waals surface area contributed by atoms with E-state index in [1.165, 1.54) is 12.1 Å². The average Bonchev–Trinajstić information content (AvgIpc) is 3.46. The molecule has 2 aliphatic rings. The summed E-state index contributed by atoms with van der Waals surface area (Å²) in [5.74, 6) is -0.746. The zero-order valence-electron chi connectivity index (χ0n) is 16.6. The largest absolute Gasteiger partial charge is 0.342 e. The Labute approximate surface area is 176 Å². The lowest BCUT2D eigenvalue weighted by atomic mass is 10.1. The van der Waals surface area contributed by atoms with Crippen LogP contribution >= 0.6 is 0 Å². The van der Waals surface area contributed by atoms with Gasteiger partial charge >= 0.3 is 0 Å². The van der Waals surface area contributed by atoms with Crippen LogP contribution in [0.15, 0.2) is 59.5 Å². The van der Waals surface area contributed by atoms with Crippen LogP contribution < -0.4 is 10.0 Å². The number of likely N-dealkylation sites (tertiary alicyclic amines) is 1. The van der Waals surface area contributed by atoms with Crippen LogP contribution in [0.1, 0.15) is 24.8 Å². The maximum atomic E-state index is 12.7. The van der Waals surface area contributed by atoms with E-state index in [1.807, 2.05) is 30.3 Å². The topological polar surface area (TPSA) is 95.6 Å². The fraction of sp³-hybridized carbons (Fsp3) is 0.364. The highest BCUT2D eigenvalue weighted by molar-refractivity contribution is 7.89. The molecule has 2 aromatic rings. The van der Waals surface area contributed by atoms with Gasteiger partial charge in [-0.15, -0.1) is 0 Å². The summed E-state index contributed by atoms with van der Waals surface area (Å²) in [5.41, 5.74) is 1.56. The molecule has 1 saturated carbocycles. The molecule has 0 radical (unpaired) electrons. The Kier molecular flexibility index (Phi) is 5.87. The van der Waals surface area contributed by atoms with Crippen molar-refractivity contribution in [2.75, 3.05) is 18.4 Å². The van der Waals surface area contributed by atoms with Crippen LogP contribution in [0.5, 0.6) is 0 Å². The highest BCUT2D eigenvalue weighted by atomic mass is 32.2. The minimum atomic E-state index is -3.59. The molecule has 7 nitrogen and oxygen atoms in total. The molecule has 1 aliphatic heterocycles. The van der Waals surface area contributed by atoms with Crippen LogP contribution in [0.3, 0.4) is 0 Å². The van der Waals surface area contributed by atoms with E-state index in [0.29, 0.717) is 18.8 Å². The first-order valence-electron chi connectivity index (χ1n) is 10.2. The SMILES string of the molecule is O=C(Nc1cccc(S(=O)(=O)NC2CC2)c1)[C@H]1CC(=O)N(CCc2ccccc2)C1. The molecule has 1 atom stereocenters. The van der Waals surface area contributed by atoms with E-state index in [2.05, 4.69) is 10.0 Å². The lowest BCUT2D eigenvalue weighted by Gasteiger charge is -2.16. The summed E-state index contributed by atoms with van der Waals surface area (Å²) in [7, 11) is -3.59. The van der Waals surface area contributed by atoms with E-state index in [4.69, 9.17) is 0 Å². The van der Waals surface area contributed by atoms with Gasteiger partial charge in [0.2, 0.25) is 21.8 Å². The maximum Gasteiger partial charge on any atom is 0.240 e. The van der Waals surface area contributed by atoms with Gasteiger partial charge in [-0.3, -0.25) is 9.59 Å². The van der Waals surface area contributed by atoms with Crippen LogP contribution in [0.25, 0.3) is 0 Å². The van der Waals surface area contributed by atoms with Crippen molar-refractivity contribution in [2.24, 2.45) is 5.92 Å². The third-order valence-electron chi connectivity index (χ3n) is 5.41. The van der Waals surface area contributed by atoms with Gasteiger partial charge in [-0.2, -0.15) is 0 Å². The van der Waals surface area contributed by atoms with Crippen LogP contribution in [0.4, 0.5) is 5.69 Å². The number of benzene rings is 2. The third kappa shape index (κ3) is 5.06. The first-order valence-corrected chi connectivity index (χ1v) is 11.6. The molecule has 2 aromatic carbocycles. The zero-order chi connectivity index (χ0) is 21.1. The number of carbonyl (C=O) groups excluding carboxylic acids is 2. The number of carbonyl (C=O) groups is 2. The number of anilines is 1. The number of nitrogens with zero attached hydrogens (tertiary/aromatic N) is 1. The minimum Gasteiger partial charge on any atom is -0.342 e. The van der Waals surface area contributed by atoms with Crippen LogP contribution in [-0.4, -0.2) is 44.3 Å². The van der Waals surface area contributed by atoms with E-state index < -0.39 is 15.9 Å². The standard InChI is InChI=1S/C22H25N3O4S/c26-21-13-17(15-25(21)12-11-16-5-2-1-3-6-16)22(27)23-19-7-4-8-20(14-19)30(28,29)24-18-9-10-18/h1-8,14,17-18,24H,9-13,15H2,(H,23,27)/t17-/m0/s1. The molecule has 0 bridgehead atoms. The van der Waals surface area contributed by atoms with Crippen molar-refractivity contribution in [3.05, 3.63) is 60.2 Å². The Morgan fingerprint density at radius 2 is 1.83 bits per heavy atom. The smallest absolute Gasteiger partial charge is 0.240 e. The predicted molar refractivity (Wildman–Crippen MR) is 113 cm³/mol. The van der Waals surface area contributed by atoms with E-state index in [9.17, 15) is 18.0 Å². The Morgan fingerprint density at radius 3 is 2.57 bits per heavy atom. The lowest BCUT2D eigenvalue weighted by Crippen LogP contribution is -2.30. The molecule has 2 N–H and O–H groups in total. The normalized spacial score (nSPS) is 19.1. The molecule has 158 valence electrons. The molecule has 0 unspecified atom stereocenters. The monoisotopic (exact) mass is 427 g/mol. The summed E-state index contributed by atoms with van der Waals surface area (Å²) in [4.78, 5) is 26.8. The van der Waals surface area contributed by atoms with Gasteiger partial charge in [0.05, 0.1) is 10.8 Å². The number of hydrogen-bond acceptors (Lipinski definition) is 4. The molecule has 2 amide bonds. The highest BCUT2D eigenvalue weighted by Crippen LogP contribution is 2.24. The molecular formula is C22H25N3O4S. The Balaban J connectivity index is 1.35. The molecule has 4 rings (SSSR count). The molecular weight excluding hydrogens is 402 g/mol. The van der Waals surface area contributed by atoms with Gasteiger partial charge in [0, 0.05) is 31.2 Å². The molecule has 8 heteroatoms. The fourth-order valence-corrected chi connectivity index (χ4v) is 4.90. The molecule has 2 fully saturated rings. The second kappa shape index (κ2) is 8.57. The van der Waals surface area contributed by atoms with Crippen LogP contribution in [-0.2, 0) is 26.0 Å². The number of hydrogen-bond donors (Lipinski definition) is 2. The van der Waals surface area contributed by atoms with E-state index in [0.717, 1.165) is 24.8 Å². The predicted octanol–water partition coefficient (Wildman–Crippen LogP) is 2.16. The first-order chi connectivity index (χ1) is 14.4. The van der Waals surface area contributed by atoms with Crippen molar-refractivity contribution < 1.29 is 18.0 Å². The van der Waals surface area contributed by atoms with Crippen molar-refractivity contribution in [1.82, 2.24) is 9.62 Å². The fourth-order valence-electron chi connectivity index (χ4n) is 3.55. The van der Waals surface area contributed by atoms with Gasteiger partial charge in [-0.05, 0) is 43.0 Å². The number of nitrogens with one attached hydrogen (secondary N) is 2. The summed E-state index contributed by atoms with van der Waals surface area (Å²) in [6, 6.07) is 16.1. The molecule has 30 heavy (non-hydrogen) atoms. The Bertz CT molecular complexity index is 1040. The highest BCUT2D eigenvalue weighted by Gasteiger charge is 2.34. The van der Waals surface area contributed by atoms with Gasteiger partial charge in [0.15, 0.2) is 0 Å². The quantitative estimate of drug-likeness (QED) is 0.675. The number of sulfonamides is 1. The second-order valence-electron chi connectivity index (χ2n) is 7.89. The molecule has 1 aliphatic carbocycles. The Morgan fingerprint density at radius 1 is 1.07 bits per heavy atom. The van der Waals surface area contributed by atoms with Crippen molar-refractivity contribution >= 4 is 27.5 Å². The molecule has 1 saturated heterocycles. The van der Waals surface area contributed by atoms with E-state index in [-0.39, 0.29) is 29.2 Å². The van der Waals surface area contributed by atoms with Crippen molar-refractivity contribution in [3.8, 4) is 0 Å². The molecule has 1 heterocycles. The summed E-state index contributed by atoms with van der Waals surface area (Å²) in [5, 5.41) is 2.77. The zero-order valence-corrected chi connectivity index (χ0v) is 17.4. The average molecular weight is 428 g/mol. The first kappa shape index (κ1) is 20.6. The van der Waals surface area contributed by atoms with Crippen molar-refractivity contribution in [1.29, 1.82) is 0 Å². The number of rotatable bonds is 8. The van der Waals surface area contributed by atoms with E-state index >= 15 is 0 Å². The third-order valence-corrected chi connectivity index (χ3v) is 6.93. The molecule has 0 aromatic heterocycles. The van der Waals surface area contributed by atoms with Gasteiger partial charge in [0.1, 0.15) is 0 Å². The van der Waals surface area contributed by atoms with Crippen LogP contribution in [0, 0.1) is 5.92 Å². The summed E-state index contributed by atoms with van der Waals surface area (Å²) in [6.07, 6.45) is 2.62. The van der Waals surface area contributed by atoms with Gasteiger partial charge in [0.25, 0.3) is 0 Å². The van der Waals surface area contributed by atoms with Crippen molar-refractivity contribution in [2.45, 2.75) is 36.6 Å². The van der Waals surface area contributed by atoms with Gasteiger partial charge < -0.3 is 10.2 Å². The lowest BCUT2D eigenvalue weighted by molar-refractivity contribution is -0.128. The summed E-state index contributed by atoms with van der Waals surface area (Å²) in [6.45, 7) is 0.950. The minimum absolute atomic E-state index is 0.0135. The molecule has 0 spiro atoms. The van der Waals surface area contributed by atoms with E-state index in [1.54, 1.807) is 17.0 Å². The van der Waals surface area contributed by atoms with Gasteiger partial charge in [-0.25, -0.2) is 13.1 Å².